The van der Waals surface area contributed by atoms with Crippen LogP contribution >= 0.6 is 0 Å². The summed E-state index contributed by atoms with van der Waals surface area (Å²) in [6, 6.07) is 15.0. The predicted octanol–water partition coefficient (Wildman–Crippen LogP) is 4.49. The van der Waals surface area contributed by atoms with Gasteiger partial charge in [-0.1, -0.05) is 68.0 Å². The van der Waals surface area contributed by atoms with E-state index in [9.17, 15) is 0 Å². The number of hydrogen-bond acceptors (Lipinski definition) is 1. The van der Waals surface area contributed by atoms with Crippen LogP contribution in [-0.4, -0.2) is 13.1 Å². The largest absolute Gasteiger partial charge is 0.313 e. The lowest BCUT2D eigenvalue weighted by atomic mass is 10.0. The highest BCUT2D eigenvalue weighted by molar-refractivity contribution is 5.90. The van der Waals surface area contributed by atoms with Crippen LogP contribution in [0.1, 0.15) is 26.3 Å². The van der Waals surface area contributed by atoms with E-state index in [1.807, 2.05) is 0 Å². The maximum Gasteiger partial charge on any atom is 0.0165 e. The van der Waals surface area contributed by atoms with Gasteiger partial charge < -0.3 is 5.32 Å². The molecule has 2 rings (SSSR count). The lowest BCUT2D eigenvalue weighted by Gasteiger charge is -2.08. The van der Waals surface area contributed by atoms with E-state index in [1.54, 1.807) is 0 Å². The normalized spacial score (nSPS) is 12.3. The first-order valence-corrected chi connectivity index (χ1v) is 7.02. The second kappa shape index (κ2) is 6.53. The predicted molar refractivity (Wildman–Crippen MR) is 85.3 cm³/mol. The molecular formula is C18H23N. The van der Waals surface area contributed by atoms with Gasteiger partial charge in [-0.25, -0.2) is 0 Å². The summed E-state index contributed by atoms with van der Waals surface area (Å²) in [6.07, 6.45) is 2.29. The standard InChI is InChI=1S/C18H23N/c1-14(2)12-19-13-15(3)11-17-9-6-8-16-7-4-5-10-18(16)17/h4-11,14,19H,12-13H2,1-3H3. The summed E-state index contributed by atoms with van der Waals surface area (Å²) in [5.74, 6) is 0.699. The van der Waals surface area contributed by atoms with Crippen molar-refractivity contribution < 1.29 is 0 Å². The highest BCUT2D eigenvalue weighted by Crippen LogP contribution is 2.20. The lowest BCUT2D eigenvalue weighted by Crippen LogP contribution is -2.21. The highest BCUT2D eigenvalue weighted by Gasteiger charge is 1.99. The molecule has 1 nitrogen and oxygen atoms in total. The molecule has 19 heavy (non-hydrogen) atoms. The van der Waals surface area contributed by atoms with E-state index >= 15 is 0 Å². The van der Waals surface area contributed by atoms with Crippen molar-refractivity contribution in [3.05, 3.63) is 53.6 Å². The summed E-state index contributed by atoms with van der Waals surface area (Å²) in [4.78, 5) is 0. The summed E-state index contributed by atoms with van der Waals surface area (Å²) in [7, 11) is 0. The fourth-order valence-corrected chi connectivity index (χ4v) is 2.25. The maximum atomic E-state index is 3.48. The Balaban J connectivity index is 2.15. The van der Waals surface area contributed by atoms with Crippen LogP contribution in [0.3, 0.4) is 0 Å². The Morgan fingerprint density at radius 1 is 1.11 bits per heavy atom. The SMILES string of the molecule is CC(=Cc1cccc2ccccc12)CNCC(C)C. The van der Waals surface area contributed by atoms with E-state index in [-0.39, 0.29) is 0 Å². The molecule has 0 saturated heterocycles. The molecule has 0 aromatic heterocycles. The average Bonchev–Trinajstić information content (AvgIpc) is 2.39. The van der Waals surface area contributed by atoms with Crippen LogP contribution in [0.5, 0.6) is 0 Å². The third kappa shape index (κ3) is 3.93. The Morgan fingerprint density at radius 3 is 2.63 bits per heavy atom. The molecule has 0 aliphatic carbocycles. The first-order valence-electron chi connectivity index (χ1n) is 7.02. The van der Waals surface area contributed by atoms with Crippen LogP contribution in [0.25, 0.3) is 16.8 Å². The van der Waals surface area contributed by atoms with E-state index in [4.69, 9.17) is 0 Å². The van der Waals surface area contributed by atoms with Crippen molar-refractivity contribution in [2.75, 3.05) is 13.1 Å². The van der Waals surface area contributed by atoms with Gasteiger partial charge in [-0.2, -0.15) is 0 Å². The Hall–Kier alpha value is -1.60. The second-order valence-corrected chi connectivity index (χ2v) is 5.58. The third-order valence-corrected chi connectivity index (χ3v) is 3.18. The van der Waals surface area contributed by atoms with Crippen molar-refractivity contribution in [3.8, 4) is 0 Å². The maximum absolute atomic E-state index is 3.48. The number of rotatable bonds is 5. The van der Waals surface area contributed by atoms with Crippen molar-refractivity contribution in [1.29, 1.82) is 0 Å². The Labute approximate surface area is 116 Å². The number of fused-ring (bicyclic) bond motifs is 1. The van der Waals surface area contributed by atoms with Crippen molar-refractivity contribution in [2.45, 2.75) is 20.8 Å². The van der Waals surface area contributed by atoms with Gasteiger partial charge in [-0.15, -0.1) is 0 Å². The molecule has 2 aromatic rings. The Morgan fingerprint density at radius 2 is 1.84 bits per heavy atom. The summed E-state index contributed by atoms with van der Waals surface area (Å²) >= 11 is 0. The van der Waals surface area contributed by atoms with Gasteiger partial charge in [0.25, 0.3) is 0 Å². The molecule has 0 atom stereocenters. The zero-order valence-electron chi connectivity index (χ0n) is 12.1. The molecule has 1 N–H and O–H groups in total. The minimum atomic E-state index is 0.699. The van der Waals surface area contributed by atoms with Crippen molar-refractivity contribution in [2.24, 2.45) is 5.92 Å². The molecule has 0 fully saturated rings. The molecule has 1 heteroatoms. The quantitative estimate of drug-likeness (QED) is 0.828. The first kappa shape index (κ1) is 13.8. The second-order valence-electron chi connectivity index (χ2n) is 5.58. The topological polar surface area (TPSA) is 12.0 Å². The third-order valence-electron chi connectivity index (χ3n) is 3.18. The average molecular weight is 253 g/mol. The van der Waals surface area contributed by atoms with E-state index in [0.717, 1.165) is 13.1 Å². The fraction of sp³-hybridized carbons (Fsp3) is 0.333. The van der Waals surface area contributed by atoms with Crippen molar-refractivity contribution in [1.82, 2.24) is 5.32 Å². The highest BCUT2D eigenvalue weighted by atomic mass is 14.8. The molecule has 0 heterocycles. The van der Waals surface area contributed by atoms with Gasteiger partial charge in [0.15, 0.2) is 0 Å². The summed E-state index contributed by atoms with van der Waals surface area (Å²) in [5, 5.41) is 6.12. The van der Waals surface area contributed by atoms with Crippen LogP contribution in [-0.2, 0) is 0 Å². The van der Waals surface area contributed by atoms with E-state index in [0.29, 0.717) is 5.92 Å². The van der Waals surface area contributed by atoms with E-state index in [2.05, 4.69) is 74.6 Å². The summed E-state index contributed by atoms with van der Waals surface area (Å²) in [6.45, 7) is 8.69. The van der Waals surface area contributed by atoms with Crippen LogP contribution < -0.4 is 5.32 Å². The molecular weight excluding hydrogens is 230 g/mol. The molecule has 0 amide bonds. The van der Waals surface area contributed by atoms with Gasteiger partial charge in [-0.05, 0) is 35.7 Å². The first-order chi connectivity index (χ1) is 9.16. The van der Waals surface area contributed by atoms with Crippen LogP contribution in [0, 0.1) is 5.92 Å². The van der Waals surface area contributed by atoms with Gasteiger partial charge in [0, 0.05) is 6.54 Å². The molecule has 0 bridgehead atoms. The summed E-state index contributed by atoms with van der Waals surface area (Å²) in [5.41, 5.74) is 2.68. The van der Waals surface area contributed by atoms with E-state index < -0.39 is 0 Å². The van der Waals surface area contributed by atoms with Crippen LogP contribution in [0.2, 0.25) is 0 Å². The molecule has 0 unspecified atom stereocenters. The zero-order valence-corrected chi connectivity index (χ0v) is 12.1. The Bertz CT molecular complexity index is 561. The van der Waals surface area contributed by atoms with Crippen LogP contribution in [0.4, 0.5) is 0 Å². The van der Waals surface area contributed by atoms with Gasteiger partial charge >= 0.3 is 0 Å². The van der Waals surface area contributed by atoms with Crippen LogP contribution in [0.15, 0.2) is 48.0 Å². The lowest BCUT2D eigenvalue weighted by molar-refractivity contribution is 0.572. The molecule has 0 spiro atoms. The molecule has 2 aromatic carbocycles. The number of nitrogens with one attached hydrogen (secondary N) is 1. The minimum absolute atomic E-state index is 0.699. The molecule has 0 saturated carbocycles. The van der Waals surface area contributed by atoms with Crippen molar-refractivity contribution >= 4 is 16.8 Å². The molecule has 0 radical (unpaired) electrons. The van der Waals surface area contributed by atoms with Gasteiger partial charge in [0.05, 0.1) is 0 Å². The molecule has 0 aliphatic heterocycles. The smallest absolute Gasteiger partial charge is 0.0165 e. The Kier molecular flexibility index (Phi) is 4.75. The summed E-state index contributed by atoms with van der Waals surface area (Å²) < 4.78 is 0. The van der Waals surface area contributed by atoms with Gasteiger partial charge in [-0.3, -0.25) is 0 Å². The molecule has 0 aliphatic rings. The number of benzene rings is 2. The zero-order chi connectivity index (χ0) is 13.7. The van der Waals surface area contributed by atoms with Gasteiger partial charge in [0.1, 0.15) is 0 Å². The van der Waals surface area contributed by atoms with Gasteiger partial charge in [0.2, 0.25) is 0 Å². The van der Waals surface area contributed by atoms with Crippen molar-refractivity contribution in [3.63, 3.8) is 0 Å². The fourth-order valence-electron chi connectivity index (χ4n) is 2.25. The molecule has 100 valence electrons. The monoisotopic (exact) mass is 253 g/mol. The van der Waals surface area contributed by atoms with E-state index in [1.165, 1.54) is 21.9 Å². The number of hydrogen-bond donors (Lipinski definition) is 1. The minimum Gasteiger partial charge on any atom is -0.313 e.